The minimum Gasteiger partial charge on any atom is -0.368 e. The van der Waals surface area contributed by atoms with Gasteiger partial charge in [0.05, 0.1) is 11.7 Å². The van der Waals surface area contributed by atoms with Crippen molar-refractivity contribution in [2.45, 2.75) is 17.5 Å². The summed E-state index contributed by atoms with van der Waals surface area (Å²) in [6.45, 7) is 2.57. The summed E-state index contributed by atoms with van der Waals surface area (Å²) in [5.41, 5.74) is 8.18. The maximum Gasteiger partial charge on any atom is 0.222 e. The lowest BCUT2D eigenvalue weighted by molar-refractivity contribution is 0.452. The summed E-state index contributed by atoms with van der Waals surface area (Å²) >= 11 is 1.86. The number of anilines is 2. The van der Waals surface area contributed by atoms with Gasteiger partial charge in [-0.3, -0.25) is 5.10 Å². The maximum atomic E-state index is 5.87. The van der Waals surface area contributed by atoms with E-state index in [0.717, 1.165) is 48.5 Å². The Morgan fingerprint density at radius 3 is 3.14 bits per heavy atom. The van der Waals surface area contributed by atoms with Gasteiger partial charge in [0, 0.05) is 36.7 Å². The molecule has 2 aliphatic heterocycles. The van der Waals surface area contributed by atoms with Crippen LogP contribution in [0.5, 0.6) is 0 Å². The number of aromatic amines is 1. The number of aromatic nitrogens is 5. The molecule has 1 unspecified atom stereocenters. The van der Waals surface area contributed by atoms with Crippen LogP contribution in [0.4, 0.5) is 11.8 Å². The number of hydrogen-bond donors (Lipinski definition) is 3. The number of nitrogens with zero attached hydrogens (tertiary/aromatic N) is 5. The van der Waals surface area contributed by atoms with Gasteiger partial charge in [-0.2, -0.15) is 21.8 Å². The Balaban J connectivity index is 1.64. The molecular weight excluding hydrogens is 288 g/mol. The Hall–Kier alpha value is -1.87. The van der Waals surface area contributed by atoms with Crippen LogP contribution in [0.1, 0.15) is 23.1 Å². The Bertz CT molecular complexity index is 643. The van der Waals surface area contributed by atoms with Gasteiger partial charge in [-0.1, -0.05) is 0 Å². The van der Waals surface area contributed by atoms with Crippen LogP contribution in [0.3, 0.4) is 0 Å². The van der Waals surface area contributed by atoms with Crippen molar-refractivity contribution in [3.05, 3.63) is 23.4 Å². The lowest BCUT2D eigenvalue weighted by Crippen LogP contribution is -2.47. The number of nitrogens with two attached hydrogens (primary N) is 1. The Morgan fingerprint density at radius 1 is 1.33 bits per heavy atom. The highest BCUT2D eigenvalue weighted by molar-refractivity contribution is 7.98. The first-order chi connectivity index (χ1) is 10.3. The first kappa shape index (κ1) is 12.8. The molecule has 0 spiro atoms. The van der Waals surface area contributed by atoms with E-state index in [0.29, 0.717) is 5.95 Å². The molecule has 0 amide bonds. The predicted molar refractivity (Wildman–Crippen MR) is 80.8 cm³/mol. The van der Waals surface area contributed by atoms with Crippen LogP contribution in [0.25, 0.3) is 0 Å². The fourth-order valence-electron chi connectivity index (χ4n) is 2.82. The summed E-state index contributed by atoms with van der Waals surface area (Å²) in [6.07, 6.45) is 1.53. The molecule has 4 rings (SSSR count). The van der Waals surface area contributed by atoms with Crippen molar-refractivity contribution in [3.8, 4) is 0 Å². The lowest BCUT2D eigenvalue weighted by Gasteiger charge is -2.34. The van der Waals surface area contributed by atoms with Crippen molar-refractivity contribution < 1.29 is 0 Å². The second-order valence-corrected chi connectivity index (χ2v) is 6.13. The van der Waals surface area contributed by atoms with Crippen LogP contribution in [-0.2, 0) is 11.5 Å². The predicted octanol–water partition coefficient (Wildman–Crippen LogP) is 0.0746. The average Bonchev–Trinajstić information content (AvgIpc) is 3.17. The molecule has 2 aromatic heterocycles. The van der Waals surface area contributed by atoms with Gasteiger partial charge in [-0.25, -0.2) is 9.97 Å². The number of thioether (sulfide) groups is 1. The van der Waals surface area contributed by atoms with Gasteiger partial charge in [-0.15, -0.1) is 0 Å². The molecule has 21 heavy (non-hydrogen) atoms. The van der Waals surface area contributed by atoms with Gasteiger partial charge in [0.15, 0.2) is 0 Å². The number of nitrogens with one attached hydrogen (secondary N) is 2. The molecule has 4 N–H and O–H groups in total. The number of fused-ring (bicyclic) bond motifs is 1. The van der Waals surface area contributed by atoms with Crippen molar-refractivity contribution >= 4 is 23.5 Å². The first-order valence-electron chi connectivity index (χ1n) is 6.88. The molecule has 0 bridgehead atoms. The molecule has 1 saturated heterocycles. The highest BCUT2D eigenvalue weighted by atomic mass is 32.2. The zero-order chi connectivity index (χ0) is 14.2. The van der Waals surface area contributed by atoms with E-state index in [2.05, 4.69) is 35.4 Å². The van der Waals surface area contributed by atoms with E-state index in [4.69, 9.17) is 5.73 Å². The number of H-pyrrole nitrogens is 1. The summed E-state index contributed by atoms with van der Waals surface area (Å²) in [7, 11) is 0. The molecule has 1 fully saturated rings. The molecule has 8 nitrogen and oxygen atoms in total. The van der Waals surface area contributed by atoms with Gasteiger partial charge in [0.25, 0.3) is 0 Å². The van der Waals surface area contributed by atoms with Crippen LogP contribution >= 0.6 is 11.8 Å². The normalized spacial score (nSPS) is 21.5. The van der Waals surface area contributed by atoms with Crippen molar-refractivity contribution in [2.24, 2.45) is 0 Å². The quantitative estimate of drug-likeness (QED) is 0.715. The topological polar surface area (TPSA) is 109 Å². The number of hydrogen-bond acceptors (Lipinski definition) is 8. The average molecular weight is 304 g/mol. The van der Waals surface area contributed by atoms with Gasteiger partial charge < -0.3 is 16.0 Å². The van der Waals surface area contributed by atoms with Crippen LogP contribution in [0.15, 0.2) is 6.33 Å². The third kappa shape index (κ3) is 2.32. The fraction of sp³-hybridized carbons (Fsp3) is 0.500. The minimum atomic E-state index is 0.127. The van der Waals surface area contributed by atoms with E-state index in [-0.39, 0.29) is 6.04 Å². The molecule has 110 valence electrons. The summed E-state index contributed by atoms with van der Waals surface area (Å²) in [5, 5.41) is 10.3. The maximum absolute atomic E-state index is 5.87. The van der Waals surface area contributed by atoms with Crippen molar-refractivity contribution in [1.82, 2.24) is 30.5 Å². The number of rotatable bonds is 2. The van der Waals surface area contributed by atoms with Gasteiger partial charge in [0.2, 0.25) is 5.95 Å². The van der Waals surface area contributed by atoms with E-state index in [1.54, 1.807) is 0 Å². The number of piperazine rings is 1. The highest BCUT2D eigenvalue weighted by Gasteiger charge is 2.28. The monoisotopic (exact) mass is 304 g/mol. The van der Waals surface area contributed by atoms with Crippen molar-refractivity contribution in [1.29, 1.82) is 0 Å². The molecule has 2 aromatic rings. The van der Waals surface area contributed by atoms with Crippen LogP contribution in [0, 0.1) is 0 Å². The van der Waals surface area contributed by atoms with E-state index in [9.17, 15) is 0 Å². The smallest absolute Gasteiger partial charge is 0.222 e. The third-order valence-electron chi connectivity index (χ3n) is 3.81. The summed E-state index contributed by atoms with van der Waals surface area (Å²) in [5.74, 6) is 4.08. The molecule has 0 saturated carbocycles. The van der Waals surface area contributed by atoms with E-state index in [1.807, 2.05) is 11.8 Å². The fourth-order valence-corrected chi connectivity index (χ4v) is 3.86. The second kappa shape index (κ2) is 5.15. The first-order valence-corrected chi connectivity index (χ1v) is 8.03. The molecule has 4 heterocycles. The van der Waals surface area contributed by atoms with Gasteiger partial charge >= 0.3 is 0 Å². The SMILES string of the molecule is Nc1nc2c(c(N3CCNC(c4ncn[nH]4)C3)n1)CSC2. The molecule has 0 radical (unpaired) electrons. The molecule has 2 aliphatic rings. The van der Waals surface area contributed by atoms with Gasteiger partial charge in [0.1, 0.15) is 18.0 Å². The Labute approximate surface area is 125 Å². The van der Waals surface area contributed by atoms with Crippen molar-refractivity contribution in [3.63, 3.8) is 0 Å². The molecule has 9 heteroatoms. The van der Waals surface area contributed by atoms with Crippen LogP contribution in [0.2, 0.25) is 0 Å². The standard InChI is InChI=1S/C12H16N8S/c13-12-17-9-5-21-4-7(9)11(18-12)20-2-1-14-8(3-20)10-15-6-16-19-10/h6,8,14H,1-5H2,(H2,13,17,18)(H,15,16,19). The zero-order valence-electron chi connectivity index (χ0n) is 11.4. The molecule has 0 aliphatic carbocycles. The Kier molecular flexibility index (Phi) is 3.15. The lowest BCUT2D eigenvalue weighted by atomic mass is 10.1. The minimum absolute atomic E-state index is 0.127. The van der Waals surface area contributed by atoms with Crippen LogP contribution < -0.4 is 16.0 Å². The summed E-state index contributed by atoms with van der Waals surface area (Å²) < 4.78 is 0. The number of nitrogen functional groups attached to an aromatic ring is 1. The highest BCUT2D eigenvalue weighted by Crippen LogP contribution is 2.35. The molecule has 0 aromatic carbocycles. The van der Waals surface area contributed by atoms with E-state index in [1.165, 1.54) is 11.9 Å². The molecular formula is C12H16N8S. The van der Waals surface area contributed by atoms with Crippen molar-refractivity contribution in [2.75, 3.05) is 30.3 Å². The summed E-state index contributed by atoms with van der Waals surface area (Å²) in [4.78, 5) is 15.4. The third-order valence-corrected chi connectivity index (χ3v) is 4.78. The van der Waals surface area contributed by atoms with E-state index >= 15 is 0 Å². The van der Waals surface area contributed by atoms with E-state index < -0.39 is 0 Å². The Morgan fingerprint density at radius 2 is 2.29 bits per heavy atom. The second-order valence-electron chi connectivity index (χ2n) is 5.15. The van der Waals surface area contributed by atoms with Gasteiger partial charge in [-0.05, 0) is 0 Å². The zero-order valence-corrected chi connectivity index (χ0v) is 12.2. The molecule has 1 atom stereocenters. The van der Waals surface area contributed by atoms with Crippen LogP contribution in [-0.4, -0.2) is 44.8 Å². The summed E-state index contributed by atoms with van der Waals surface area (Å²) in [6, 6.07) is 0.127. The largest absolute Gasteiger partial charge is 0.368 e.